The van der Waals surface area contributed by atoms with Gasteiger partial charge in [-0.25, -0.2) is 4.79 Å². The van der Waals surface area contributed by atoms with Gasteiger partial charge in [0.05, 0.1) is 0 Å². The van der Waals surface area contributed by atoms with Crippen LogP contribution in [0.25, 0.3) is 0 Å². The number of anilines is 1. The second kappa shape index (κ2) is 16.6. The molecule has 1 aliphatic heterocycles. The van der Waals surface area contributed by atoms with Crippen molar-refractivity contribution in [1.29, 1.82) is 0 Å². The molecular weight excluding hydrogens is 582 g/mol. The number of hydrogen-bond acceptors (Lipinski definition) is 6. The van der Waals surface area contributed by atoms with Crippen LogP contribution in [0.3, 0.4) is 0 Å². The lowest BCUT2D eigenvalue weighted by Gasteiger charge is -2.36. The molecule has 0 bridgehead atoms. The molecular formula is C36H51N5O5. The molecule has 0 spiro atoms. The van der Waals surface area contributed by atoms with Crippen molar-refractivity contribution in [2.24, 2.45) is 5.92 Å². The summed E-state index contributed by atoms with van der Waals surface area (Å²) >= 11 is 0. The standard InChI is InChI=1S/C36H51N5O5/c1-5-31(42)38-30(34(44)41-22-20-40(21-23-41)25-27-12-8-6-9-13-27)24-26-16-18-29(19-17-26)37-33(43)32(28-14-10-7-11-15-28)39-35(45)46-36(2,3)4/h6,8-9,12-13,16-19,28,30,32H,5,7,10-11,14-15,20-25H2,1-4H3,(H,37,43)(H,38,42)(H,39,45)/t30-,32+/m1/s1. The maximum Gasteiger partial charge on any atom is 0.408 e. The number of carbonyl (C=O) groups excluding carboxylic acids is 4. The molecule has 1 heterocycles. The average molecular weight is 634 g/mol. The zero-order chi connectivity index (χ0) is 33.1. The fourth-order valence-corrected chi connectivity index (χ4v) is 6.16. The van der Waals surface area contributed by atoms with Crippen molar-refractivity contribution in [2.45, 2.75) is 96.9 Å². The van der Waals surface area contributed by atoms with Crippen molar-refractivity contribution in [3.63, 3.8) is 0 Å². The highest BCUT2D eigenvalue weighted by atomic mass is 16.6. The first-order valence-electron chi connectivity index (χ1n) is 16.7. The van der Waals surface area contributed by atoms with Gasteiger partial charge < -0.3 is 25.6 Å². The summed E-state index contributed by atoms with van der Waals surface area (Å²) in [4.78, 5) is 56.2. The number of nitrogens with one attached hydrogen (secondary N) is 3. The Balaban J connectivity index is 1.36. The molecule has 4 amide bonds. The molecule has 2 fully saturated rings. The first kappa shape index (κ1) is 34.9. The molecule has 1 saturated carbocycles. The average Bonchev–Trinajstić information content (AvgIpc) is 3.04. The van der Waals surface area contributed by atoms with Crippen molar-refractivity contribution >= 4 is 29.5 Å². The van der Waals surface area contributed by atoms with E-state index in [4.69, 9.17) is 4.74 Å². The van der Waals surface area contributed by atoms with Gasteiger partial charge in [-0.2, -0.15) is 0 Å². The second-order valence-electron chi connectivity index (χ2n) is 13.5. The van der Waals surface area contributed by atoms with Crippen LogP contribution in [0.1, 0.15) is 77.3 Å². The first-order valence-corrected chi connectivity index (χ1v) is 16.7. The van der Waals surface area contributed by atoms with Crippen LogP contribution in [-0.4, -0.2) is 77.5 Å². The number of benzene rings is 2. The molecule has 2 aromatic carbocycles. The summed E-state index contributed by atoms with van der Waals surface area (Å²) < 4.78 is 5.45. The molecule has 10 nitrogen and oxygen atoms in total. The van der Waals surface area contributed by atoms with Crippen LogP contribution in [-0.2, 0) is 32.1 Å². The number of carbonyl (C=O) groups is 4. The summed E-state index contributed by atoms with van der Waals surface area (Å²) in [6, 6.07) is 16.2. The Hall–Kier alpha value is -3.92. The molecule has 250 valence electrons. The Bertz CT molecular complexity index is 1300. The van der Waals surface area contributed by atoms with Gasteiger partial charge >= 0.3 is 6.09 Å². The normalized spacial score (nSPS) is 17.4. The Labute approximate surface area is 273 Å². The highest BCUT2D eigenvalue weighted by molar-refractivity contribution is 5.97. The fourth-order valence-electron chi connectivity index (χ4n) is 6.16. The predicted molar refractivity (Wildman–Crippen MR) is 179 cm³/mol. The molecule has 0 aromatic heterocycles. The van der Waals surface area contributed by atoms with Gasteiger partial charge in [0.25, 0.3) is 0 Å². The van der Waals surface area contributed by atoms with Crippen LogP contribution in [0.15, 0.2) is 54.6 Å². The van der Waals surface area contributed by atoms with Gasteiger partial charge in [0.2, 0.25) is 17.7 Å². The molecule has 2 atom stereocenters. The minimum absolute atomic E-state index is 0.0368. The van der Waals surface area contributed by atoms with Gasteiger partial charge in [0.15, 0.2) is 0 Å². The van der Waals surface area contributed by atoms with E-state index in [1.54, 1.807) is 39.8 Å². The van der Waals surface area contributed by atoms with Crippen LogP contribution in [0, 0.1) is 5.92 Å². The van der Waals surface area contributed by atoms with Crippen LogP contribution in [0.2, 0.25) is 0 Å². The van der Waals surface area contributed by atoms with Crippen molar-refractivity contribution in [3.05, 3.63) is 65.7 Å². The minimum Gasteiger partial charge on any atom is -0.444 e. The summed E-state index contributed by atoms with van der Waals surface area (Å²) in [6.45, 7) is 10.8. The summed E-state index contributed by atoms with van der Waals surface area (Å²) in [7, 11) is 0. The van der Waals surface area contributed by atoms with E-state index in [1.165, 1.54) is 5.56 Å². The van der Waals surface area contributed by atoms with Crippen LogP contribution >= 0.6 is 0 Å². The Morgan fingerprint density at radius 1 is 0.848 bits per heavy atom. The molecule has 2 aromatic rings. The second-order valence-corrected chi connectivity index (χ2v) is 13.5. The highest BCUT2D eigenvalue weighted by Crippen LogP contribution is 2.28. The van der Waals surface area contributed by atoms with Gasteiger partial charge in [0.1, 0.15) is 17.7 Å². The number of nitrogens with zero attached hydrogens (tertiary/aromatic N) is 2. The van der Waals surface area contributed by atoms with Gasteiger partial charge in [-0.1, -0.05) is 68.7 Å². The van der Waals surface area contributed by atoms with E-state index in [1.807, 2.05) is 35.2 Å². The SMILES string of the molecule is CCC(=O)N[C@H](Cc1ccc(NC(=O)[C@@H](NC(=O)OC(C)(C)C)C2CCCCC2)cc1)C(=O)N1CCN(Cc2ccccc2)CC1. The predicted octanol–water partition coefficient (Wildman–Crippen LogP) is 4.88. The van der Waals surface area contributed by atoms with Crippen molar-refractivity contribution in [3.8, 4) is 0 Å². The number of hydrogen-bond donors (Lipinski definition) is 3. The topological polar surface area (TPSA) is 120 Å². The van der Waals surface area contributed by atoms with E-state index in [2.05, 4.69) is 33.0 Å². The Morgan fingerprint density at radius 3 is 2.11 bits per heavy atom. The molecule has 1 aliphatic carbocycles. The number of amides is 4. The molecule has 3 N–H and O–H groups in total. The third kappa shape index (κ3) is 10.9. The molecule has 0 unspecified atom stereocenters. The summed E-state index contributed by atoms with van der Waals surface area (Å²) in [6.07, 6.45) is 4.95. The third-order valence-corrected chi connectivity index (χ3v) is 8.62. The van der Waals surface area contributed by atoms with E-state index >= 15 is 0 Å². The molecule has 46 heavy (non-hydrogen) atoms. The maximum atomic E-state index is 13.6. The van der Waals surface area contributed by atoms with Crippen LogP contribution in [0.5, 0.6) is 0 Å². The van der Waals surface area contributed by atoms with E-state index < -0.39 is 23.8 Å². The summed E-state index contributed by atoms with van der Waals surface area (Å²) in [5.41, 5.74) is 2.04. The lowest BCUT2D eigenvalue weighted by molar-refractivity contribution is -0.138. The van der Waals surface area contributed by atoms with Gasteiger partial charge in [-0.15, -0.1) is 0 Å². The van der Waals surface area contributed by atoms with Crippen molar-refractivity contribution in [1.82, 2.24) is 20.4 Å². The van der Waals surface area contributed by atoms with Gasteiger partial charge in [-0.05, 0) is 62.8 Å². The zero-order valence-corrected chi connectivity index (χ0v) is 27.8. The third-order valence-electron chi connectivity index (χ3n) is 8.62. The van der Waals surface area contributed by atoms with Crippen molar-refractivity contribution in [2.75, 3.05) is 31.5 Å². The number of piperazine rings is 1. The summed E-state index contributed by atoms with van der Waals surface area (Å²) in [5.74, 6) is -0.492. The molecule has 10 heteroatoms. The van der Waals surface area contributed by atoms with Crippen molar-refractivity contribution < 1.29 is 23.9 Å². The lowest BCUT2D eigenvalue weighted by atomic mass is 9.83. The van der Waals surface area contributed by atoms with Crippen LogP contribution in [0.4, 0.5) is 10.5 Å². The highest BCUT2D eigenvalue weighted by Gasteiger charge is 2.33. The van der Waals surface area contributed by atoms with Crippen LogP contribution < -0.4 is 16.0 Å². The molecule has 0 radical (unpaired) electrons. The van der Waals surface area contributed by atoms with Gasteiger partial charge in [0, 0.05) is 51.3 Å². The molecule has 1 saturated heterocycles. The number of alkyl carbamates (subject to hydrolysis) is 1. The lowest BCUT2D eigenvalue weighted by Crippen LogP contribution is -2.55. The Kier molecular flexibility index (Phi) is 12.6. The molecule has 4 rings (SSSR count). The number of ether oxygens (including phenoxy) is 1. The number of rotatable bonds is 11. The van der Waals surface area contributed by atoms with E-state index in [0.717, 1.165) is 57.3 Å². The van der Waals surface area contributed by atoms with Gasteiger partial charge in [-0.3, -0.25) is 19.3 Å². The van der Waals surface area contributed by atoms with E-state index in [0.29, 0.717) is 31.6 Å². The Morgan fingerprint density at radius 2 is 1.50 bits per heavy atom. The maximum absolute atomic E-state index is 13.6. The fraction of sp³-hybridized carbons (Fsp3) is 0.556. The van der Waals surface area contributed by atoms with E-state index in [9.17, 15) is 19.2 Å². The quantitative estimate of drug-likeness (QED) is 0.325. The minimum atomic E-state index is -0.700. The first-order chi connectivity index (χ1) is 22.0. The van der Waals surface area contributed by atoms with E-state index in [-0.39, 0.29) is 23.6 Å². The molecule has 2 aliphatic rings. The largest absolute Gasteiger partial charge is 0.444 e. The smallest absolute Gasteiger partial charge is 0.408 e. The monoisotopic (exact) mass is 633 g/mol. The summed E-state index contributed by atoms with van der Waals surface area (Å²) in [5, 5.41) is 8.72. The zero-order valence-electron chi connectivity index (χ0n) is 27.8.